The van der Waals surface area contributed by atoms with Crippen LogP contribution in [0.15, 0.2) is 36.5 Å². The number of nitriles is 1. The van der Waals surface area contributed by atoms with E-state index in [2.05, 4.69) is 10.4 Å². The minimum Gasteiger partial charge on any atom is -0.343 e. The van der Waals surface area contributed by atoms with Crippen LogP contribution in [0.25, 0.3) is 6.08 Å². The highest BCUT2D eigenvalue weighted by Crippen LogP contribution is 2.29. The largest absolute Gasteiger partial charge is 0.416 e. The van der Waals surface area contributed by atoms with Crippen LogP contribution in [0.5, 0.6) is 0 Å². The molecule has 1 aromatic heterocycles. The van der Waals surface area contributed by atoms with Crippen molar-refractivity contribution in [1.29, 1.82) is 5.26 Å². The second-order valence-electron chi connectivity index (χ2n) is 6.33. The molecule has 2 heterocycles. The van der Waals surface area contributed by atoms with Crippen molar-refractivity contribution in [3.8, 4) is 6.07 Å². The molecule has 29 heavy (non-hydrogen) atoms. The molecule has 7 nitrogen and oxygen atoms in total. The number of halogens is 3. The second kappa shape index (κ2) is 8.18. The molecule has 3 rings (SSSR count). The molecule has 0 saturated carbocycles. The highest BCUT2D eigenvalue weighted by molar-refractivity contribution is 5.94. The van der Waals surface area contributed by atoms with Crippen molar-refractivity contribution in [3.63, 3.8) is 0 Å². The molecule has 0 unspecified atom stereocenters. The molecule has 1 aliphatic rings. The lowest BCUT2D eigenvalue weighted by Gasteiger charge is -2.28. The minimum absolute atomic E-state index is 0.230. The van der Waals surface area contributed by atoms with E-state index in [0.29, 0.717) is 29.9 Å². The summed E-state index contributed by atoms with van der Waals surface area (Å²) in [6, 6.07) is 6.39. The Labute approximate surface area is 164 Å². The zero-order chi connectivity index (χ0) is 21.0. The predicted molar refractivity (Wildman–Crippen MR) is 95.8 cm³/mol. The van der Waals surface area contributed by atoms with E-state index in [1.54, 1.807) is 4.68 Å². The van der Waals surface area contributed by atoms with Crippen LogP contribution in [0, 0.1) is 11.3 Å². The van der Waals surface area contributed by atoms with Gasteiger partial charge in [0.25, 0.3) is 0 Å². The molecule has 1 aliphatic heterocycles. The van der Waals surface area contributed by atoms with Crippen molar-refractivity contribution in [3.05, 3.63) is 58.9 Å². The Morgan fingerprint density at radius 2 is 1.97 bits per heavy atom. The number of hydrogen-bond donors (Lipinski definition) is 1. The molecule has 10 heteroatoms. The van der Waals surface area contributed by atoms with Gasteiger partial charge in [0.15, 0.2) is 0 Å². The van der Waals surface area contributed by atoms with Gasteiger partial charge in [-0.2, -0.15) is 23.5 Å². The summed E-state index contributed by atoms with van der Waals surface area (Å²) in [5.74, 6) is -0.851. The number of rotatable bonds is 4. The number of nitrogens with one attached hydrogen (secondary N) is 1. The molecule has 1 aromatic carbocycles. The number of nitrogens with zero attached hydrogens (tertiary/aromatic N) is 4. The molecule has 2 aromatic rings. The van der Waals surface area contributed by atoms with Crippen LogP contribution >= 0.6 is 0 Å². The Morgan fingerprint density at radius 1 is 1.24 bits per heavy atom. The van der Waals surface area contributed by atoms with Crippen molar-refractivity contribution in [2.24, 2.45) is 0 Å². The van der Waals surface area contributed by atoms with Crippen LogP contribution in [0.3, 0.4) is 0 Å². The van der Waals surface area contributed by atoms with Crippen LogP contribution in [-0.2, 0) is 28.9 Å². The Hall–Kier alpha value is -3.61. The zero-order valence-corrected chi connectivity index (χ0v) is 15.1. The maximum Gasteiger partial charge on any atom is 0.416 e. The monoisotopic (exact) mass is 403 g/mol. The third kappa shape index (κ3) is 4.82. The van der Waals surface area contributed by atoms with E-state index in [1.165, 1.54) is 29.3 Å². The molecule has 150 valence electrons. The molecular weight excluding hydrogens is 387 g/mol. The summed E-state index contributed by atoms with van der Waals surface area (Å²) >= 11 is 0. The summed E-state index contributed by atoms with van der Waals surface area (Å²) in [7, 11) is 0. The van der Waals surface area contributed by atoms with Crippen LogP contribution in [0.1, 0.15) is 22.4 Å². The summed E-state index contributed by atoms with van der Waals surface area (Å²) in [6.07, 6.45) is -0.454. The van der Waals surface area contributed by atoms with Gasteiger partial charge < -0.3 is 10.2 Å². The lowest BCUT2D eigenvalue weighted by Crippen LogP contribution is -2.43. The SMILES string of the molecule is N#Cc1cnn2c1CN(C(=O)CNC(=O)/C=C/c1ccc(C(F)(F)F)cc1)CC2. The molecule has 2 amide bonds. The summed E-state index contributed by atoms with van der Waals surface area (Å²) in [5.41, 5.74) is 0.714. The Kier molecular flexibility index (Phi) is 5.68. The Balaban J connectivity index is 1.51. The molecular formula is C19H16F3N5O2. The first-order valence-electron chi connectivity index (χ1n) is 8.63. The van der Waals surface area contributed by atoms with Crippen molar-refractivity contribution in [2.45, 2.75) is 19.3 Å². The highest BCUT2D eigenvalue weighted by atomic mass is 19.4. The number of amides is 2. The standard InChI is InChI=1S/C19H16F3N5O2/c20-19(21,22)15-4-1-13(2-5-15)3-6-17(28)24-11-18(29)26-7-8-27-16(12-26)14(9-23)10-25-27/h1-6,10H,7-8,11-12H2,(H,24,28)/b6-3+. The third-order valence-electron chi connectivity index (χ3n) is 4.42. The first kappa shape index (κ1) is 20.1. The maximum absolute atomic E-state index is 12.5. The van der Waals surface area contributed by atoms with Gasteiger partial charge in [0.05, 0.1) is 42.7 Å². The van der Waals surface area contributed by atoms with Gasteiger partial charge in [-0.15, -0.1) is 0 Å². The van der Waals surface area contributed by atoms with Crippen molar-refractivity contribution in [2.75, 3.05) is 13.1 Å². The summed E-state index contributed by atoms with van der Waals surface area (Å²) in [4.78, 5) is 25.7. The number of benzene rings is 1. The lowest BCUT2D eigenvalue weighted by atomic mass is 10.1. The fourth-order valence-corrected chi connectivity index (χ4v) is 2.84. The van der Waals surface area contributed by atoms with E-state index in [4.69, 9.17) is 5.26 Å². The van der Waals surface area contributed by atoms with Gasteiger partial charge in [0, 0.05) is 12.6 Å². The summed E-state index contributed by atoms with van der Waals surface area (Å²) in [6.45, 7) is 0.880. The smallest absolute Gasteiger partial charge is 0.343 e. The van der Waals surface area contributed by atoms with E-state index in [-0.39, 0.29) is 19.0 Å². The van der Waals surface area contributed by atoms with Gasteiger partial charge in [-0.3, -0.25) is 14.3 Å². The molecule has 0 fully saturated rings. The fourth-order valence-electron chi connectivity index (χ4n) is 2.84. The van der Waals surface area contributed by atoms with Crippen LogP contribution in [0.2, 0.25) is 0 Å². The molecule has 0 atom stereocenters. The van der Waals surface area contributed by atoms with E-state index in [1.807, 2.05) is 6.07 Å². The van der Waals surface area contributed by atoms with Gasteiger partial charge in [0.2, 0.25) is 11.8 Å². The quantitative estimate of drug-likeness (QED) is 0.790. The number of carbonyl (C=O) groups excluding carboxylic acids is 2. The third-order valence-corrected chi connectivity index (χ3v) is 4.42. The van der Waals surface area contributed by atoms with Gasteiger partial charge in [-0.25, -0.2) is 0 Å². The van der Waals surface area contributed by atoms with E-state index in [0.717, 1.165) is 18.2 Å². The van der Waals surface area contributed by atoms with Crippen molar-refractivity contribution >= 4 is 17.9 Å². The molecule has 0 radical (unpaired) electrons. The first-order chi connectivity index (χ1) is 13.8. The van der Waals surface area contributed by atoms with Crippen LogP contribution in [-0.4, -0.2) is 39.6 Å². The summed E-state index contributed by atoms with van der Waals surface area (Å²) < 4.78 is 39.3. The van der Waals surface area contributed by atoms with Gasteiger partial charge >= 0.3 is 6.18 Å². The van der Waals surface area contributed by atoms with Crippen LogP contribution in [0.4, 0.5) is 13.2 Å². The number of hydrogen-bond acceptors (Lipinski definition) is 4. The molecule has 0 aliphatic carbocycles. The number of aromatic nitrogens is 2. The van der Waals surface area contributed by atoms with Crippen LogP contribution < -0.4 is 5.32 Å². The average Bonchev–Trinajstić information content (AvgIpc) is 3.12. The van der Waals surface area contributed by atoms with E-state index < -0.39 is 17.6 Å². The average molecular weight is 403 g/mol. The normalized spacial score (nSPS) is 13.8. The molecule has 0 bridgehead atoms. The van der Waals surface area contributed by atoms with Crippen molar-refractivity contribution < 1.29 is 22.8 Å². The zero-order valence-electron chi connectivity index (χ0n) is 15.1. The highest BCUT2D eigenvalue weighted by Gasteiger charge is 2.29. The lowest BCUT2D eigenvalue weighted by molar-refractivity contribution is -0.137. The molecule has 1 N–H and O–H groups in total. The first-order valence-corrected chi connectivity index (χ1v) is 8.63. The van der Waals surface area contributed by atoms with Gasteiger partial charge in [-0.1, -0.05) is 12.1 Å². The minimum atomic E-state index is -4.42. The Morgan fingerprint density at radius 3 is 2.62 bits per heavy atom. The van der Waals surface area contributed by atoms with Crippen molar-refractivity contribution in [1.82, 2.24) is 20.0 Å². The molecule has 0 spiro atoms. The van der Waals surface area contributed by atoms with Gasteiger partial charge in [-0.05, 0) is 23.8 Å². The number of alkyl halides is 3. The Bertz CT molecular complexity index is 987. The summed E-state index contributed by atoms with van der Waals surface area (Å²) in [5, 5.41) is 15.6. The molecule has 0 saturated heterocycles. The predicted octanol–water partition coefficient (Wildman–Crippen LogP) is 1.95. The number of carbonyl (C=O) groups is 2. The topological polar surface area (TPSA) is 91.0 Å². The van der Waals surface area contributed by atoms with E-state index in [9.17, 15) is 22.8 Å². The number of fused-ring (bicyclic) bond motifs is 1. The van der Waals surface area contributed by atoms with E-state index >= 15 is 0 Å². The van der Waals surface area contributed by atoms with Gasteiger partial charge in [0.1, 0.15) is 6.07 Å². The maximum atomic E-state index is 12.5. The fraction of sp³-hybridized carbons (Fsp3) is 0.263. The second-order valence-corrected chi connectivity index (χ2v) is 6.33.